The zero-order valence-corrected chi connectivity index (χ0v) is 16.7. The van der Waals surface area contributed by atoms with E-state index in [1.807, 2.05) is 48.7 Å². The molecule has 1 atom stereocenters. The molecule has 1 unspecified atom stereocenters. The fraction of sp³-hybridized carbons (Fsp3) is 0.167. The van der Waals surface area contributed by atoms with Crippen molar-refractivity contribution in [2.75, 3.05) is 13.7 Å². The van der Waals surface area contributed by atoms with Gasteiger partial charge in [0.05, 0.1) is 7.11 Å². The molecule has 2 aromatic heterocycles. The molecular formula is C24H23N3O3. The summed E-state index contributed by atoms with van der Waals surface area (Å²) in [7, 11) is 1.64. The Morgan fingerprint density at radius 1 is 1.07 bits per heavy atom. The topological polar surface area (TPSA) is 76.1 Å². The number of pyridine rings is 1. The second kappa shape index (κ2) is 8.69. The molecule has 0 aliphatic rings. The van der Waals surface area contributed by atoms with Crippen LogP contribution in [0.2, 0.25) is 0 Å². The van der Waals surface area contributed by atoms with E-state index in [0.717, 1.165) is 27.8 Å². The van der Waals surface area contributed by atoms with Crippen LogP contribution in [0.1, 0.15) is 17.0 Å². The molecular weight excluding hydrogens is 378 g/mol. The Bertz CT molecular complexity index is 1210. The summed E-state index contributed by atoms with van der Waals surface area (Å²) < 4.78 is 6.67. The molecule has 2 N–H and O–H groups in total. The number of hydrogen-bond donors (Lipinski definition) is 2. The molecule has 2 aromatic carbocycles. The van der Waals surface area contributed by atoms with Gasteiger partial charge in [0.25, 0.3) is 5.56 Å². The number of H-pyrrole nitrogens is 1. The van der Waals surface area contributed by atoms with Crippen molar-refractivity contribution < 1.29 is 9.53 Å². The normalized spacial score (nSPS) is 11.9. The molecule has 0 saturated heterocycles. The number of fused-ring (bicyclic) bond motifs is 1. The smallest absolute Gasteiger partial charge is 0.250 e. The van der Waals surface area contributed by atoms with Gasteiger partial charge in [0, 0.05) is 41.8 Å². The Labute approximate surface area is 174 Å². The third-order valence-electron chi connectivity index (χ3n) is 5.23. The number of ether oxygens (including phenoxy) is 1. The van der Waals surface area contributed by atoms with Crippen LogP contribution in [-0.4, -0.2) is 29.1 Å². The van der Waals surface area contributed by atoms with Crippen LogP contribution in [-0.2, 0) is 11.3 Å². The predicted octanol–water partition coefficient (Wildman–Crippen LogP) is 3.29. The molecule has 0 radical (unpaired) electrons. The lowest BCUT2D eigenvalue weighted by Gasteiger charge is -2.19. The van der Waals surface area contributed by atoms with Crippen molar-refractivity contribution in [1.29, 1.82) is 0 Å². The lowest BCUT2D eigenvalue weighted by molar-refractivity contribution is -0.121. The number of carbonyl (C=O) groups is 1. The first-order valence-electron chi connectivity index (χ1n) is 9.78. The van der Waals surface area contributed by atoms with Crippen molar-refractivity contribution in [2.45, 2.75) is 12.5 Å². The Morgan fingerprint density at radius 2 is 1.83 bits per heavy atom. The van der Waals surface area contributed by atoms with Crippen LogP contribution in [0.4, 0.5) is 0 Å². The summed E-state index contributed by atoms with van der Waals surface area (Å²) in [6, 6.07) is 20.8. The minimum absolute atomic E-state index is 0.0110. The molecule has 0 aliphatic carbocycles. The molecule has 0 saturated carbocycles. The van der Waals surface area contributed by atoms with Gasteiger partial charge in [-0.15, -0.1) is 0 Å². The number of rotatable bonds is 7. The average Bonchev–Trinajstić information content (AvgIpc) is 3.20. The third-order valence-corrected chi connectivity index (χ3v) is 5.23. The Balaban J connectivity index is 1.59. The highest BCUT2D eigenvalue weighted by Crippen LogP contribution is 2.31. The van der Waals surface area contributed by atoms with Gasteiger partial charge in [0.2, 0.25) is 5.91 Å². The zero-order chi connectivity index (χ0) is 20.9. The van der Waals surface area contributed by atoms with Crippen molar-refractivity contribution in [2.24, 2.45) is 0 Å². The summed E-state index contributed by atoms with van der Waals surface area (Å²) in [6.45, 7) is 0.400. The molecule has 0 aliphatic heterocycles. The van der Waals surface area contributed by atoms with E-state index in [1.54, 1.807) is 25.4 Å². The Hall–Kier alpha value is -3.80. The van der Waals surface area contributed by atoms with Crippen molar-refractivity contribution in [3.8, 4) is 5.75 Å². The minimum Gasteiger partial charge on any atom is -0.497 e. The highest BCUT2D eigenvalue weighted by molar-refractivity contribution is 5.84. The highest BCUT2D eigenvalue weighted by Gasteiger charge is 2.19. The predicted molar refractivity (Wildman–Crippen MR) is 117 cm³/mol. The number of carbonyl (C=O) groups excluding carboxylic acids is 1. The second-order valence-corrected chi connectivity index (χ2v) is 7.09. The van der Waals surface area contributed by atoms with E-state index in [9.17, 15) is 9.59 Å². The van der Waals surface area contributed by atoms with E-state index in [1.165, 1.54) is 10.6 Å². The number of aromatic amines is 1. The maximum atomic E-state index is 12.5. The number of nitrogens with one attached hydrogen (secondary N) is 2. The van der Waals surface area contributed by atoms with Crippen LogP contribution in [0, 0.1) is 0 Å². The SMILES string of the molecule is COc1ccc(C(CNC(=O)Cn2ccccc2=O)c2c[nH]c3ccccc23)cc1. The van der Waals surface area contributed by atoms with Gasteiger partial charge in [-0.05, 0) is 35.4 Å². The van der Waals surface area contributed by atoms with E-state index in [-0.39, 0.29) is 23.9 Å². The molecule has 6 heteroatoms. The van der Waals surface area contributed by atoms with Crippen LogP contribution in [0.25, 0.3) is 10.9 Å². The first kappa shape index (κ1) is 19.5. The van der Waals surface area contributed by atoms with E-state index in [0.29, 0.717) is 6.54 Å². The van der Waals surface area contributed by atoms with Crippen LogP contribution >= 0.6 is 0 Å². The van der Waals surface area contributed by atoms with Crippen LogP contribution in [0.5, 0.6) is 5.75 Å². The molecule has 152 valence electrons. The third kappa shape index (κ3) is 4.12. The average molecular weight is 401 g/mol. The largest absolute Gasteiger partial charge is 0.497 e. The van der Waals surface area contributed by atoms with E-state index in [2.05, 4.69) is 16.4 Å². The van der Waals surface area contributed by atoms with Crippen molar-refractivity contribution >= 4 is 16.8 Å². The maximum Gasteiger partial charge on any atom is 0.250 e. The molecule has 30 heavy (non-hydrogen) atoms. The minimum atomic E-state index is -0.207. The summed E-state index contributed by atoms with van der Waals surface area (Å²) in [5.74, 6) is 0.522. The number of methoxy groups -OCH3 is 1. The standard InChI is InChI=1S/C24H23N3O3/c1-30-18-11-9-17(10-12-18)20(21-15-25-22-7-3-2-6-19(21)22)14-26-23(28)16-27-13-5-4-8-24(27)29/h2-13,15,20,25H,14,16H2,1H3,(H,26,28). The van der Waals surface area contributed by atoms with Gasteiger partial charge in [-0.25, -0.2) is 0 Å². The summed E-state index contributed by atoms with van der Waals surface area (Å²) in [4.78, 5) is 27.7. The summed E-state index contributed by atoms with van der Waals surface area (Å²) in [5.41, 5.74) is 3.02. The van der Waals surface area contributed by atoms with Crippen LogP contribution in [0.3, 0.4) is 0 Å². The second-order valence-electron chi connectivity index (χ2n) is 7.09. The fourth-order valence-corrected chi connectivity index (χ4v) is 3.64. The molecule has 6 nitrogen and oxygen atoms in total. The molecule has 1 amide bonds. The Kier molecular flexibility index (Phi) is 5.66. The molecule has 2 heterocycles. The summed E-state index contributed by atoms with van der Waals surface area (Å²) in [6.07, 6.45) is 3.61. The van der Waals surface area contributed by atoms with Crippen molar-refractivity contribution in [3.63, 3.8) is 0 Å². The number of benzene rings is 2. The molecule has 4 rings (SSSR count). The summed E-state index contributed by atoms with van der Waals surface area (Å²) >= 11 is 0. The fourth-order valence-electron chi connectivity index (χ4n) is 3.64. The highest BCUT2D eigenvalue weighted by atomic mass is 16.5. The molecule has 0 bridgehead atoms. The van der Waals surface area contributed by atoms with Crippen molar-refractivity contribution in [1.82, 2.24) is 14.9 Å². The van der Waals surface area contributed by atoms with Gasteiger partial charge >= 0.3 is 0 Å². The monoisotopic (exact) mass is 401 g/mol. The number of amides is 1. The van der Waals surface area contributed by atoms with E-state index >= 15 is 0 Å². The van der Waals surface area contributed by atoms with E-state index in [4.69, 9.17) is 4.74 Å². The number of aromatic nitrogens is 2. The molecule has 4 aromatic rings. The number of para-hydroxylation sites is 1. The van der Waals surface area contributed by atoms with Gasteiger partial charge in [0.15, 0.2) is 0 Å². The van der Waals surface area contributed by atoms with Gasteiger partial charge in [-0.2, -0.15) is 0 Å². The molecule has 0 fully saturated rings. The number of nitrogens with zero attached hydrogens (tertiary/aromatic N) is 1. The van der Waals surface area contributed by atoms with E-state index < -0.39 is 0 Å². The quantitative estimate of drug-likeness (QED) is 0.499. The van der Waals surface area contributed by atoms with Crippen LogP contribution < -0.4 is 15.6 Å². The molecule has 0 spiro atoms. The van der Waals surface area contributed by atoms with Gasteiger partial charge in [-0.1, -0.05) is 36.4 Å². The van der Waals surface area contributed by atoms with Crippen molar-refractivity contribution in [3.05, 3.63) is 101 Å². The van der Waals surface area contributed by atoms with Gasteiger partial charge in [0.1, 0.15) is 12.3 Å². The lowest BCUT2D eigenvalue weighted by Crippen LogP contribution is -2.34. The maximum absolute atomic E-state index is 12.5. The first-order chi connectivity index (χ1) is 14.7. The van der Waals surface area contributed by atoms with Gasteiger partial charge in [-0.3, -0.25) is 9.59 Å². The number of hydrogen-bond acceptors (Lipinski definition) is 3. The van der Waals surface area contributed by atoms with Crippen LogP contribution in [0.15, 0.2) is 83.9 Å². The zero-order valence-electron chi connectivity index (χ0n) is 16.7. The summed E-state index contributed by atoms with van der Waals surface area (Å²) in [5, 5.41) is 4.11. The Morgan fingerprint density at radius 3 is 2.60 bits per heavy atom. The van der Waals surface area contributed by atoms with Gasteiger partial charge < -0.3 is 19.6 Å². The first-order valence-corrected chi connectivity index (χ1v) is 9.78. The lowest BCUT2D eigenvalue weighted by atomic mass is 9.91.